The van der Waals surface area contributed by atoms with Crippen molar-refractivity contribution in [3.05, 3.63) is 57.6 Å². The molecule has 0 saturated carbocycles. The van der Waals surface area contributed by atoms with E-state index >= 15 is 0 Å². The van der Waals surface area contributed by atoms with Gasteiger partial charge in [0.05, 0.1) is 16.3 Å². The standard InChI is InChI=1S/C14H9Cl2NO4/c15-8-2-3-11(9(6-8)14(20)21)17-13(19)7-1-4-12(18)10(16)5-7/h1-6,18H,(H,17,19)(H,20,21). The summed E-state index contributed by atoms with van der Waals surface area (Å²) in [4.78, 5) is 23.2. The first kappa shape index (κ1) is 15.2. The zero-order valence-electron chi connectivity index (χ0n) is 10.4. The van der Waals surface area contributed by atoms with Gasteiger partial charge < -0.3 is 15.5 Å². The number of anilines is 1. The number of phenolic OH excluding ortho intramolecular Hbond substituents is 1. The average molecular weight is 326 g/mol. The molecule has 2 aromatic rings. The van der Waals surface area contributed by atoms with Gasteiger partial charge in [0.15, 0.2) is 0 Å². The lowest BCUT2D eigenvalue weighted by Gasteiger charge is -2.09. The highest BCUT2D eigenvalue weighted by molar-refractivity contribution is 6.32. The molecule has 5 nitrogen and oxygen atoms in total. The molecule has 0 fully saturated rings. The van der Waals surface area contributed by atoms with Crippen molar-refractivity contribution in [1.29, 1.82) is 0 Å². The fraction of sp³-hybridized carbons (Fsp3) is 0. The van der Waals surface area contributed by atoms with E-state index in [1.54, 1.807) is 0 Å². The predicted octanol–water partition coefficient (Wildman–Crippen LogP) is 3.65. The lowest BCUT2D eigenvalue weighted by atomic mass is 10.1. The van der Waals surface area contributed by atoms with E-state index in [0.717, 1.165) is 0 Å². The second-order valence-corrected chi connectivity index (χ2v) is 4.96. The normalized spacial score (nSPS) is 10.2. The summed E-state index contributed by atoms with van der Waals surface area (Å²) in [6.07, 6.45) is 0. The summed E-state index contributed by atoms with van der Waals surface area (Å²) in [6.45, 7) is 0. The van der Waals surface area contributed by atoms with Crippen LogP contribution in [0.4, 0.5) is 5.69 Å². The van der Waals surface area contributed by atoms with E-state index in [-0.39, 0.29) is 32.6 Å². The van der Waals surface area contributed by atoms with Crippen molar-refractivity contribution >= 4 is 40.8 Å². The quantitative estimate of drug-likeness (QED) is 0.803. The van der Waals surface area contributed by atoms with Crippen LogP contribution in [0.25, 0.3) is 0 Å². The van der Waals surface area contributed by atoms with Crippen molar-refractivity contribution < 1.29 is 19.8 Å². The van der Waals surface area contributed by atoms with Crippen LogP contribution in [0.2, 0.25) is 10.0 Å². The van der Waals surface area contributed by atoms with Gasteiger partial charge in [0.1, 0.15) is 5.75 Å². The van der Waals surface area contributed by atoms with Gasteiger partial charge in [-0.1, -0.05) is 23.2 Å². The Kier molecular flexibility index (Phi) is 4.35. The highest BCUT2D eigenvalue weighted by Crippen LogP contribution is 2.25. The molecule has 0 heterocycles. The molecule has 108 valence electrons. The Morgan fingerprint density at radius 2 is 1.76 bits per heavy atom. The Balaban J connectivity index is 2.31. The molecule has 2 aromatic carbocycles. The van der Waals surface area contributed by atoms with E-state index < -0.39 is 11.9 Å². The van der Waals surface area contributed by atoms with Gasteiger partial charge in [0.25, 0.3) is 5.91 Å². The van der Waals surface area contributed by atoms with Crippen LogP contribution in [0.15, 0.2) is 36.4 Å². The lowest BCUT2D eigenvalue weighted by molar-refractivity contribution is 0.0698. The van der Waals surface area contributed by atoms with Crippen molar-refractivity contribution in [2.24, 2.45) is 0 Å². The number of amides is 1. The van der Waals surface area contributed by atoms with Crippen molar-refractivity contribution in [1.82, 2.24) is 0 Å². The number of benzene rings is 2. The maximum atomic E-state index is 12.1. The Morgan fingerprint density at radius 3 is 2.38 bits per heavy atom. The molecule has 21 heavy (non-hydrogen) atoms. The predicted molar refractivity (Wildman–Crippen MR) is 79.5 cm³/mol. The number of carbonyl (C=O) groups is 2. The topological polar surface area (TPSA) is 86.6 Å². The molecule has 0 aliphatic rings. The molecule has 0 unspecified atom stereocenters. The molecule has 0 aliphatic carbocycles. The second-order valence-electron chi connectivity index (χ2n) is 4.12. The van der Waals surface area contributed by atoms with Gasteiger partial charge in [0, 0.05) is 10.6 Å². The van der Waals surface area contributed by atoms with Crippen molar-refractivity contribution in [3.63, 3.8) is 0 Å². The zero-order chi connectivity index (χ0) is 15.6. The number of nitrogens with one attached hydrogen (secondary N) is 1. The zero-order valence-corrected chi connectivity index (χ0v) is 11.9. The van der Waals surface area contributed by atoms with E-state index in [9.17, 15) is 14.7 Å². The molecule has 2 rings (SSSR count). The number of aromatic carboxylic acids is 1. The van der Waals surface area contributed by atoms with Crippen LogP contribution < -0.4 is 5.32 Å². The molecule has 1 amide bonds. The number of phenols is 1. The van der Waals surface area contributed by atoms with E-state index in [0.29, 0.717) is 0 Å². The van der Waals surface area contributed by atoms with Crippen molar-refractivity contribution in [3.8, 4) is 5.75 Å². The Morgan fingerprint density at radius 1 is 1.05 bits per heavy atom. The molecule has 0 saturated heterocycles. The maximum Gasteiger partial charge on any atom is 0.337 e. The SMILES string of the molecule is O=C(Nc1ccc(Cl)cc1C(=O)O)c1ccc(O)c(Cl)c1. The van der Waals surface area contributed by atoms with E-state index in [2.05, 4.69) is 5.32 Å². The van der Waals surface area contributed by atoms with Crippen LogP contribution in [0, 0.1) is 0 Å². The summed E-state index contributed by atoms with van der Waals surface area (Å²) < 4.78 is 0. The van der Waals surface area contributed by atoms with Crippen LogP contribution >= 0.6 is 23.2 Å². The Hall–Kier alpha value is -2.24. The molecule has 7 heteroatoms. The Bertz CT molecular complexity index is 731. The first-order valence-electron chi connectivity index (χ1n) is 5.71. The minimum Gasteiger partial charge on any atom is -0.506 e. The summed E-state index contributed by atoms with van der Waals surface area (Å²) in [7, 11) is 0. The summed E-state index contributed by atoms with van der Waals surface area (Å²) in [5.74, 6) is -1.91. The number of hydrogen-bond acceptors (Lipinski definition) is 3. The van der Waals surface area contributed by atoms with Gasteiger partial charge in [-0.25, -0.2) is 4.79 Å². The van der Waals surface area contributed by atoms with Gasteiger partial charge in [-0.15, -0.1) is 0 Å². The highest BCUT2D eigenvalue weighted by Gasteiger charge is 2.15. The maximum absolute atomic E-state index is 12.1. The number of carboxylic acids is 1. The summed E-state index contributed by atoms with van der Waals surface area (Å²) in [6, 6.07) is 8.02. The van der Waals surface area contributed by atoms with E-state index in [4.69, 9.17) is 28.3 Å². The number of hydrogen-bond donors (Lipinski definition) is 3. The molecule has 0 atom stereocenters. The molecule has 0 spiro atoms. The number of carbonyl (C=O) groups excluding carboxylic acids is 1. The van der Waals surface area contributed by atoms with Crippen molar-refractivity contribution in [2.45, 2.75) is 0 Å². The number of aromatic hydroxyl groups is 1. The number of rotatable bonds is 3. The fourth-order valence-corrected chi connectivity index (χ4v) is 2.00. The van der Waals surface area contributed by atoms with Gasteiger partial charge in [-0.3, -0.25) is 4.79 Å². The monoisotopic (exact) mass is 325 g/mol. The first-order valence-corrected chi connectivity index (χ1v) is 6.47. The first-order chi connectivity index (χ1) is 9.88. The van der Waals surface area contributed by atoms with Crippen LogP contribution in [0.1, 0.15) is 20.7 Å². The van der Waals surface area contributed by atoms with E-state index in [1.165, 1.54) is 36.4 Å². The third kappa shape index (κ3) is 3.45. The molecule has 0 aliphatic heterocycles. The third-order valence-corrected chi connectivity index (χ3v) is 3.21. The minimum atomic E-state index is -1.21. The highest BCUT2D eigenvalue weighted by atomic mass is 35.5. The van der Waals surface area contributed by atoms with E-state index in [1.807, 2.05) is 0 Å². The largest absolute Gasteiger partial charge is 0.506 e. The lowest BCUT2D eigenvalue weighted by Crippen LogP contribution is -2.14. The Labute approximate surface area is 129 Å². The van der Waals surface area contributed by atoms with Gasteiger partial charge in [-0.05, 0) is 36.4 Å². The average Bonchev–Trinajstić information content (AvgIpc) is 2.43. The molecular formula is C14H9Cl2NO4. The van der Waals surface area contributed by atoms with Crippen LogP contribution in [0.5, 0.6) is 5.75 Å². The third-order valence-electron chi connectivity index (χ3n) is 2.67. The molecule has 0 aromatic heterocycles. The summed E-state index contributed by atoms with van der Waals surface area (Å²) in [5, 5.41) is 21.1. The summed E-state index contributed by atoms with van der Waals surface area (Å²) >= 11 is 11.5. The van der Waals surface area contributed by atoms with Crippen LogP contribution in [-0.2, 0) is 0 Å². The molecular weight excluding hydrogens is 317 g/mol. The van der Waals surface area contributed by atoms with Gasteiger partial charge >= 0.3 is 5.97 Å². The molecule has 0 bridgehead atoms. The summed E-state index contributed by atoms with van der Waals surface area (Å²) in [5.41, 5.74) is 0.172. The van der Waals surface area contributed by atoms with Crippen molar-refractivity contribution in [2.75, 3.05) is 5.32 Å². The minimum absolute atomic E-state index is 0.0252. The number of halogens is 2. The molecule has 3 N–H and O–H groups in total. The van der Waals surface area contributed by atoms with Crippen LogP contribution in [-0.4, -0.2) is 22.1 Å². The van der Waals surface area contributed by atoms with Gasteiger partial charge in [0.2, 0.25) is 0 Å². The molecule has 0 radical (unpaired) electrons. The van der Waals surface area contributed by atoms with Crippen LogP contribution in [0.3, 0.4) is 0 Å². The number of carboxylic acid groups (broad SMARTS) is 1. The fourth-order valence-electron chi connectivity index (χ4n) is 1.65. The smallest absolute Gasteiger partial charge is 0.337 e. The second kappa shape index (κ2) is 6.03. The van der Waals surface area contributed by atoms with Gasteiger partial charge in [-0.2, -0.15) is 0 Å².